The van der Waals surface area contributed by atoms with E-state index in [-0.39, 0.29) is 17.4 Å². The Kier molecular flexibility index (Phi) is 3.06. The molecule has 3 rings (SSSR count). The van der Waals surface area contributed by atoms with E-state index in [1.807, 2.05) is 0 Å². The SMILES string of the molecule is O=C(c1cn[nH]n1)N1CCc2cc(Br)c(F)cc2C1. The van der Waals surface area contributed by atoms with Crippen LogP contribution in [0.25, 0.3) is 0 Å². The van der Waals surface area contributed by atoms with Crippen molar-refractivity contribution in [2.45, 2.75) is 13.0 Å². The van der Waals surface area contributed by atoms with Crippen LogP contribution >= 0.6 is 15.9 Å². The van der Waals surface area contributed by atoms with Crippen molar-refractivity contribution in [1.29, 1.82) is 0 Å². The summed E-state index contributed by atoms with van der Waals surface area (Å²) in [5.74, 6) is -0.503. The molecule has 0 unspecified atom stereocenters. The zero-order valence-electron chi connectivity index (χ0n) is 9.86. The number of carbonyl (C=O) groups is 1. The lowest BCUT2D eigenvalue weighted by Gasteiger charge is -2.28. The van der Waals surface area contributed by atoms with Crippen LogP contribution in [0.15, 0.2) is 22.8 Å². The third-order valence-electron chi connectivity index (χ3n) is 3.18. The molecule has 98 valence electrons. The first kappa shape index (κ1) is 12.3. The Bertz CT molecular complexity index is 629. The number of halogens is 2. The number of nitrogens with zero attached hydrogens (tertiary/aromatic N) is 3. The summed E-state index contributed by atoms with van der Waals surface area (Å²) in [6.07, 6.45) is 2.10. The van der Waals surface area contributed by atoms with Gasteiger partial charge in [0.05, 0.1) is 10.7 Å². The van der Waals surface area contributed by atoms with E-state index in [1.54, 1.807) is 11.0 Å². The van der Waals surface area contributed by atoms with Gasteiger partial charge in [-0.2, -0.15) is 15.4 Å². The van der Waals surface area contributed by atoms with E-state index in [9.17, 15) is 9.18 Å². The van der Waals surface area contributed by atoms with Gasteiger partial charge in [0.2, 0.25) is 0 Å². The summed E-state index contributed by atoms with van der Waals surface area (Å²) in [6.45, 7) is 0.988. The van der Waals surface area contributed by atoms with E-state index in [1.165, 1.54) is 12.3 Å². The van der Waals surface area contributed by atoms with Gasteiger partial charge in [-0.15, -0.1) is 0 Å². The molecule has 19 heavy (non-hydrogen) atoms. The van der Waals surface area contributed by atoms with Crippen LogP contribution in [-0.2, 0) is 13.0 Å². The van der Waals surface area contributed by atoms with E-state index in [0.717, 1.165) is 11.1 Å². The molecule has 5 nitrogen and oxygen atoms in total. The van der Waals surface area contributed by atoms with Crippen LogP contribution in [0.2, 0.25) is 0 Å². The summed E-state index contributed by atoms with van der Waals surface area (Å²) < 4.78 is 14.0. The standard InChI is InChI=1S/C12H10BrFN4O/c13-9-3-7-1-2-18(6-8(7)4-10(9)14)12(19)11-5-15-17-16-11/h3-5H,1-2,6H2,(H,15,16,17). The molecule has 0 atom stereocenters. The van der Waals surface area contributed by atoms with Gasteiger partial charge in [-0.05, 0) is 45.6 Å². The number of hydrogen-bond acceptors (Lipinski definition) is 3. The van der Waals surface area contributed by atoms with Crippen molar-refractivity contribution in [3.05, 3.63) is 45.4 Å². The third kappa shape index (κ3) is 2.25. The minimum absolute atomic E-state index is 0.192. The fraction of sp³-hybridized carbons (Fsp3) is 0.250. The topological polar surface area (TPSA) is 61.9 Å². The number of rotatable bonds is 1. The molecule has 0 aliphatic carbocycles. The van der Waals surface area contributed by atoms with Gasteiger partial charge in [-0.1, -0.05) is 0 Å². The molecular weight excluding hydrogens is 315 g/mol. The van der Waals surface area contributed by atoms with Crippen molar-refractivity contribution in [2.75, 3.05) is 6.54 Å². The Morgan fingerprint density at radius 3 is 3.00 bits per heavy atom. The average molecular weight is 325 g/mol. The molecule has 1 aliphatic rings. The van der Waals surface area contributed by atoms with Crippen molar-refractivity contribution in [2.24, 2.45) is 0 Å². The second kappa shape index (κ2) is 4.73. The molecule has 1 aromatic carbocycles. The first-order valence-electron chi connectivity index (χ1n) is 5.77. The zero-order chi connectivity index (χ0) is 13.4. The highest BCUT2D eigenvalue weighted by atomic mass is 79.9. The van der Waals surface area contributed by atoms with Crippen LogP contribution in [0.3, 0.4) is 0 Å². The smallest absolute Gasteiger partial charge is 0.276 e. The average Bonchev–Trinajstić information content (AvgIpc) is 2.93. The molecule has 1 N–H and O–H groups in total. The molecule has 0 saturated carbocycles. The monoisotopic (exact) mass is 324 g/mol. The van der Waals surface area contributed by atoms with Crippen molar-refractivity contribution in [1.82, 2.24) is 20.3 Å². The minimum atomic E-state index is -0.311. The van der Waals surface area contributed by atoms with Crippen LogP contribution < -0.4 is 0 Å². The largest absolute Gasteiger partial charge is 0.333 e. The van der Waals surface area contributed by atoms with Gasteiger partial charge in [0, 0.05) is 13.1 Å². The molecule has 0 fully saturated rings. The van der Waals surface area contributed by atoms with Crippen molar-refractivity contribution < 1.29 is 9.18 Å². The molecule has 1 aromatic heterocycles. The molecule has 0 radical (unpaired) electrons. The molecule has 2 heterocycles. The number of fused-ring (bicyclic) bond motifs is 1. The summed E-state index contributed by atoms with van der Waals surface area (Å²) in [5.41, 5.74) is 2.18. The van der Waals surface area contributed by atoms with Gasteiger partial charge in [0.15, 0.2) is 5.69 Å². The van der Waals surface area contributed by atoms with E-state index in [0.29, 0.717) is 24.0 Å². The lowest BCUT2D eigenvalue weighted by Crippen LogP contribution is -2.36. The van der Waals surface area contributed by atoms with E-state index >= 15 is 0 Å². The highest BCUT2D eigenvalue weighted by Crippen LogP contribution is 2.26. The number of aromatic nitrogens is 3. The quantitative estimate of drug-likeness (QED) is 0.871. The zero-order valence-corrected chi connectivity index (χ0v) is 11.4. The Morgan fingerprint density at radius 2 is 2.26 bits per heavy atom. The van der Waals surface area contributed by atoms with Crippen molar-refractivity contribution in [3.63, 3.8) is 0 Å². The molecule has 1 aliphatic heterocycles. The summed E-state index contributed by atoms with van der Waals surface area (Å²) in [4.78, 5) is 13.8. The number of nitrogens with one attached hydrogen (secondary N) is 1. The van der Waals surface area contributed by atoms with Crippen LogP contribution in [-0.4, -0.2) is 32.8 Å². The number of benzene rings is 1. The maximum atomic E-state index is 13.5. The fourth-order valence-corrected chi connectivity index (χ4v) is 2.58. The molecule has 2 aromatic rings. The van der Waals surface area contributed by atoms with Gasteiger partial charge >= 0.3 is 0 Å². The van der Waals surface area contributed by atoms with Crippen molar-refractivity contribution >= 4 is 21.8 Å². The molecule has 1 amide bonds. The van der Waals surface area contributed by atoms with E-state index in [4.69, 9.17) is 0 Å². The minimum Gasteiger partial charge on any atom is -0.333 e. The van der Waals surface area contributed by atoms with Crippen LogP contribution in [0.4, 0.5) is 4.39 Å². The number of H-pyrrole nitrogens is 1. The maximum absolute atomic E-state index is 13.5. The van der Waals surface area contributed by atoms with E-state index < -0.39 is 0 Å². The summed E-state index contributed by atoms with van der Waals surface area (Å²) >= 11 is 3.17. The lowest BCUT2D eigenvalue weighted by atomic mass is 9.99. The molecule has 0 saturated heterocycles. The Morgan fingerprint density at radius 1 is 1.42 bits per heavy atom. The highest BCUT2D eigenvalue weighted by molar-refractivity contribution is 9.10. The van der Waals surface area contributed by atoms with Gasteiger partial charge in [-0.25, -0.2) is 4.39 Å². The van der Waals surface area contributed by atoms with Crippen LogP contribution in [0, 0.1) is 5.82 Å². The first-order valence-corrected chi connectivity index (χ1v) is 6.56. The molecule has 0 spiro atoms. The van der Waals surface area contributed by atoms with Crippen LogP contribution in [0.1, 0.15) is 21.6 Å². The van der Waals surface area contributed by atoms with Gasteiger partial charge in [0.25, 0.3) is 5.91 Å². The molecule has 7 heteroatoms. The Balaban J connectivity index is 1.86. The second-order valence-electron chi connectivity index (χ2n) is 4.37. The van der Waals surface area contributed by atoms with Gasteiger partial charge in [0.1, 0.15) is 5.82 Å². The normalized spacial score (nSPS) is 14.3. The lowest BCUT2D eigenvalue weighted by molar-refractivity contribution is 0.0728. The van der Waals surface area contributed by atoms with Gasteiger partial charge < -0.3 is 4.90 Å². The van der Waals surface area contributed by atoms with Crippen molar-refractivity contribution in [3.8, 4) is 0 Å². The molecular formula is C12H10BrFN4O. The highest BCUT2D eigenvalue weighted by Gasteiger charge is 2.24. The van der Waals surface area contributed by atoms with Gasteiger partial charge in [-0.3, -0.25) is 4.79 Å². The number of hydrogen-bond donors (Lipinski definition) is 1. The number of aromatic amines is 1. The van der Waals surface area contributed by atoms with E-state index in [2.05, 4.69) is 31.3 Å². The number of amides is 1. The first-order chi connectivity index (χ1) is 9.15. The predicted octanol–water partition coefficient (Wildman–Crippen LogP) is 1.90. The predicted molar refractivity (Wildman–Crippen MR) is 68.9 cm³/mol. The molecule has 0 bridgehead atoms. The fourth-order valence-electron chi connectivity index (χ4n) is 2.19. The number of carbonyl (C=O) groups excluding carboxylic acids is 1. The Labute approximate surface area is 116 Å². The summed E-state index contributed by atoms with van der Waals surface area (Å²) in [5, 5.41) is 9.80. The third-order valence-corrected chi connectivity index (χ3v) is 3.78. The maximum Gasteiger partial charge on any atom is 0.276 e. The second-order valence-corrected chi connectivity index (χ2v) is 5.22. The van der Waals surface area contributed by atoms with Crippen LogP contribution in [0.5, 0.6) is 0 Å². The summed E-state index contributed by atoms with van der Waals surface area (Å²) in [6, 6.07) is 3.25. The summed E-state index contributed by atoms with van der Waals surface area (Å²) in [7, 11) is 0. The Hall–Kier alpha value is -1.76.